The van der Waals surface area contributed by atoms with Crippen molar-refractivity contribution in [2.75, 3.05) is 0 Å². The maximum atomic E-state index is 3.74. The van der Waals surface area contributed by atoms with E-state index in [1.807, 2.05) is 0 Å². The highest BCUT2D eigenvalue weighted by molar-refractivity contribution is 4.86. The Balaban J connectivity index is -0.000000115. The van der Waals surface area contributed by atoms with Crippen molar-refractivity contribution in [2.45, 2.75) is 67.2 Å². The van der Waals surface area contributed by atoms with Crippen molar-refractivity contribution in [2.24, 2.45) is 0 Å². The minimum Gasteiger partial charge on any atom is -0.100 e. The summed E-state index contributed by atoms with van der Waals surface area (Å²) in [6.07, 6.45) is 4.91. The van der Waals surface area contributed by atoms with Crippen LogP contribution in [-0.2, 0) is 0 Å². The Morgan fingerprint density at radius 3 is 1.17 bits per heavy atom. The molecule has 0 aromatic carbocycles. The van der Waals surface area contributed by atoms with E-state index in [-0.39, 0.29) is 0 Å². The van der Waals surface area contributed by atoms with Crippen LogP contribution in [-0.4, -0.2) is 0 Å². The van der Waals surface area contributed by atoms with Gasteiger partial charge in [0.15, 0.2) is 0 Å². The van der Waals surface area contributed by atoms with Gasteiger partial charge in [0.05, 0.1) is 0 Å². The number of hydrogen-bond acceptors (Lipinski definition) is 0. The number of rotatable bonds is 2. The van der Waals surface area contributed by atoms with Crippen LogP contribution in [0.2, 0.25) is 0 Å². The molecule has 0 amide bonds. The van der Waals surface area contributed by atoms with E-state index in [0.717, 1.165) is 0 Å². The van der Waals surface area contributed by atoms with E-state index < -0.39 is 0 Å². The van der Waals surface area contributed by atoms with Crippen molar-refractivity contribution in [3.63, 3.8) is 0 Å². The maximum absolute atomic E-state index is 3.74. The van der Waals surface area contributed by atoms with Gasteiger partial charge in [-0.05, 0) is 13.3 Å². The van der Waals surface area contributed by atoms with Crippen LogP contribution in [0.25, 0.3) is 0 Å². The van der Waals surface area contributed by atoms with E-state index in [0.29, 0.717) is 0 Å². The van der Waals surface area contributed by atoms with Crippen LogP contribution in [0.3, 0.4) is 0 Å². The second-order valence-electron chi connectivity index (χ2n) is 3.12. The molecule has 0 heteroatoms. The summed E-state index contributed by atoms with van der Waals surface area (Å²) in [6.45, 7) is 16.5. The van der Waals surface area contributed by atoms with Gasteiger partial charge >= 0.3 is 0 Å². The molecule has 0 aliphatic heterocycles. The second-order valence-corrected chi connectivity index (χ2v) is 3.12. The van der Waals surface area contributed by atoms with E-state index in [1.54, 1.807) is 0 Å². The fourth-order valence-corrected chi connectivity index (χ4v) is 0.427. The second kappa shape index (κ2) is 22.4. The van der Waals surface area contributed by atoms with Crippen LogP contribution in [0.5, 0.6) is 0 Å². The minimum absolute atomic E-state index is 1.18. The van der Waals surface area contributed by atoms with Gasteiger partial charge in [0.2, 0.25) is 0 Å². The van der Waals surface area contributed by atoms with Crippen LogP contribution >= 0.6 is 0 Å². The first-order chi connectivity index (χ1) is 5.60. The highest BCUT2D eigenvalue weighted by Gasteiger charge is 1.76. The Labute approximate surface area is 80.1 Å². The zero-order valence-electron chi connectivity index (χ0n) is 10.0. The molecule has 0 unspecified atom stereocenters. The molecular formula is C12H28. The Hall–Kier alpha value is -0.260. The zero-order chi connectivity index (χ0) is 10.4. The molecule has 0 nitrogen and oxygen atoms in total. The average Bonchev–Trinajstić information content (AvgIpc) is 1.89. The van der Waals surface area contributed by atoms with Gasteiger partial charge in [0.1, 0.15) is 0 Å². The molecule has 0 spiro atoms. The first kappa shape index (κ1) is 17.7. The molecule has 12 heavy (non-hydrogen) atoms. The SMILES string of the molecule is C=C(C)CCC.CCC.CCC. The van der Waals surface area contributed by atoms with Crippen molar-refractivity contribution in [3.8, 4) is 0 Å². The normalized spacial score (nSPS) is 7.17. The van der Waals surface area contributed by atoms with E-state index in [4.69, 9.17) is 0 Å². The molecule has 0 rings (SSSR count). The lowest BCUT2D eigenvalue weighted by atomic mass is 10.2. The maximum Gasteiger partial charge on any atom is -0.0328 e. The summed E-state index contributed by atoms with van der Waals surface area (Å²) < 4.78 is 0. The van der Waals surface area contributed by atoms with Gasteiger partial charge in [-0.1, -0.05) is 59.5 Å². The standard InChI is InChI=1S/C6H12.2C3H8/c1-4-5-6(2)3;2*1-3-2/h2,4-5H2,1,3H3;2*3H2,1-2H3. The summed E-state index contributed by atoms with van der Waals surface area (Å²) in [4.78, 5) is 0. The molecule has 0 aromatic rings. The largest absolute Gasteiger partial charge is 0.100 e. The third-order valence-electron chi connectivity index (χ3n) is 0.677. The lowest BCUT2D eigenvalue weighted by molar-refractivity contribution is 0.910. The van der Waals surface area contributed by atoms with Gasteiger partial charge < -0.3 is 0 Å². The van der Waals surface area contributed by atoms with Crippen LogP contribution in [0.15, 0.2) is 12.2 Å². The minimum atomic E-state index is 1.18. The number of hydrogen-bond donors (Lipinski definition) is 0. The molecule has 0 radical (unpaired) electrons. The molecule has 0 saturated carbocycles. The van der Waals surface area contributed by atoms with Gasteiger partial charge in [-0.15, -0.1) is 6.58 Å². The topological polar surface area (TPSA) is 0 Å². The van der Waals surface area contributed by atoms with Gasteiger partial charge in [-0.3, -0.25) is 0 Å². The first-order valence-corrected chi connectivity index (χ1v) is 5.24. The summed E-state index contributed by atoms with van der Waals surface area (Å²) in [5, 5.41) is 0. The molecule has 0 heterocycles. The van der Waals surface area contributed by atoms with Crippen molar-refractivity contribution < 1.29 is 0 Å². The van der Waals surface area contributed by atoms with Gasteiger partial charge in [-0.2, -0.15) is 0 Å². The fraction of sp³-hybridized carbons (Fsp3) is 0.833. The van der Waals surface area contributed by atoms with E-state index in [9.17, 15) is 0 Å². The molecule has 0 bridgehead atoms. The average molecular weight is 172 g/mol. The fourth-order valence-electron chi connectivity index (χ4n) is 0.427. The van der Waals surface area contributed by atoms with Crippen LogP contribution in [0, 0.1) is 0 Å². The first-order valence-electron chi connectivity index (χ1n) is 5.24. The van der Waals surface area contributed by atoms with Crippen molar-refractivity contribution in [3.05, 3.63) is 12.2 Å². The van der Waals surface area contributed by atoms with E-state index in [1.165, 1.54) is 31.3 Å². The van der Waals surface area contributed by atoms with E-state index >= 15 is 0 Å². The monoisotopic (exact) mass is 172 g/mol. The predicted molar refractivity (Wildman–Crippen MR) is 61.7 cm³/mol. The Bertz CT molecular complexity index is 60.4. The Morgan fingerprint density at radius 2 is 1.17 bits per heavy atom. The van der Waals surface area contributed by atoms with Gasteiger partial charge in [0.25, 0.3) is 0 Å². The van der Waals surface area contributed by atoms with Crippen molar-refractivity contribution in [1.29, 1.82) is 0 Å². The summed E-state index contributed by atoms with van der Waals surface area (Å²) in [5.41, 5.74) is 1.29. The summed E-state index contributed by atoms with van der Waals surface area (Å²) in [6, 6.07) is 0. The molecule has 0 saturated heterocycles. The molecule has 0 N–H and O–H groups in total. The lowest BCUT2D eigenvalue weighted by Gasteiger charge is -1.87. The molecule has 76 valence electrons. The smallest absolute Gasteiger partial charge is 0.0328 e. The zero-order valence-corrected chi connectivity index (χ0v) is 10.0. The summed E-state index contributed by atoms with van der Waals surface area (Å²) in [5.74, 6) is 0. The third-order valence-corrected chi connectivity index (χ3v) is 0.677. The highest BCUT2D eigenvalue weighted by atomic mass is 13.8. The quantitative estimate of drug-likeness (QED) is 0.502. The van der Waals surface area contributed by atoms with Crippen molar-refractivity contribution in [1.82, 2.24) is 0 Å². The van der Waals surface area contributed by atoms with Gasteiger partial charge in [-0.25, -0.2) is 0 Å². The van der Waals surface area contributed by atoms with E-state index in [2.05, 4.69) is 48.1 Å². The van der Waals surface area contributed by atoms with Crippen LogP contribution < -0.4 is 0 Å². The molecular weight excluding hydrogens is 144 g/mol. The molecule has 0 atom stereocenters. The highest BCUT2D eigenvalue weighted by Crippen LogP contribution is 1.96. The Kier molecular flexibility index (Phi) is 33.1. The molecule has 0 fully saturated rings. The Morgan fingerprint density at radius 1 is 0.917 bits per heavy atom. The number of allylic oxidation sites excluding steroid dienone is 1. The predicted octanol–water partition coefficient (Wildman–Crippen LogP) is 5.20. The van der Waals surface area contributed by atoms with Crippen LogP contribution in [0.4, 0.5) is 0 Å². The summed E-state index contributed by atoms with van der Waals surface area (Å²) >= 11 is 0. The van der Waals surface area contributed by atoms with Crippen LogP contribution in [0.1, 0.15) is 67.2 Å². The van der Waals surface area contributed by atoms with Gasteiger partial charge in [0, 0.05) is 0 Å². The third kappa shape index (κ3) is 99.1. The molecule has 0 aliphatic rings. The van der Waals surface area contributed by atoms with Crippen molar-refractivity contribution >= 4 is 0 Å². The summed E-state index contributed by atoms with van der Waals surface area (Å²) in [7, 11) is 0. The molecule has 0 aromatic heterocycles. The lowest BCUT2D eigenvalue weighted by Crippen LogP contribution is -1.66. The molecule has 0 aliphatic carbocycles.